The molecule has 7 atom stereocenters. The zero-order valence-electron chi connectivity index (χ0n) is 9.47. The molecule has 2 saturated carbocycles. The Morgan fingerprint density at radius 1 is 0.588 bits per heavy atom. The van der Waals surface area contributed by atoms with Crippen molar-refractivity contribution in [2.24, 2.45) is 11.8 Å². The average molecular weight is 339 g/mol. The molecule has 0 spiro atoms. The molecule has 0 aromatic heterocycles. The van der Waals surface area contributed by atoms with Gasteiger partial charge >= 0.3 is 0 Å². The molecule has 0 radical (unpaired) electrons. The zero-order valence-corrected chi connectivity index (χ0v) is 13.2. The summed E-state index contributed by atoms with van der Waals surface area (Å²) >= 11 is 31.6. The lowest BCUT2D eigenvalue weighted by Gasteiger charge is -2.43. The first-order valence-electron chi connectivity index (χ1n) is 6.21. The van der Waals surface area contributed by atoms with Crippen LogP contribution in [0, 0.1) is 11.8 Å². The minimum absolute atomic E-state index is 0.0104. The smallest absolute Gasteiger partial charge is 0.0531 e. The summed E-state index contributed by atoms with van der Waals surface area (Å²) in [5.74, 6) is 0.749. The Morgan fingerprint density at radius 3 is 1.94 bits per heavy atom. The third-order valence-corrected chi connectivity index (χ3v) is 6.97. The van der Waals surface area contributed by atoms with Gasteiger partial charge in [-0.2, -0.15) is 0 Å². The van der Waals surface area contributed by atoms with Gasteiger partial charge in [-0.05, 0) is 37.5 Å². The van der Waals surface area contributed by atoms with Crippen LogP contribution in [0.2, 0.25) is 0 Å². The topological polar surface area (TPSA) is 0 Å². The summed E-state index contributed by atoms with van der Waals surface area (Å²) < 4.78 is 0. The van der Waals surface area contributed by atoms with Crippen molar-refractivity contribution in [3.05, 3.63) is 0 Å². The van der Waals surface area contributed by atoms with Crippen molar-refractivity contribution in [2.75, 3.05) is 0 Å². The van der Waals surface area contributed by atoms with E-state index in [0.717, 1.165) is 32.1 Å². The predicted molar refractivity (Wildman–Crippen MR) is 78.3 cm³/mol. The van der Waals surface area contributed by atoms with Crippen LogP contribution in [0.3, 0.4) is 0 Å². The highest BCUT2D eigenvalue weighted by atomic mass is 35.5. The summed E-state index contributed by atoms with van der Waals surface area (Å²) in [6, 6.07) is 0. The number of alkyl halides is 5. The summed E-state index contributed by atoms with van der Waals surface area (Å²) in [6.45, 7) is 0. The lowest BCUT2D eigenvalue weighted by molar-refractivity contribution is 0.210. The first kappa shape index (κ1) is 14.9. The second-order valence-corrected chi connectivity index (χ2v) is 7.98. The highest BCUT2D eigenvalue weighted by Gasteiger charge is 2.43. The molecule has 2 fully saturated rings. The lowest BCUT2D eigenvalue weighted by atomic mass is 9.72. The van der Waals surface area contributed by atoms with Gasteiger partial charge in [-0.1, -0.05) is 6.42 Å². The van der Waals surface area contributed by atoms with Crippen LogP contribution in [0.1, 0.15) is 32.1 Å². The van der Waals surface area contributed by atoms with Crippen LogP contribution in [-0.4, -0.2) is 26.9 Å². The SMILES string of the molecule is ClC1CC(Cl)C(C2CCCC(Cl)C2Cl)CC1Cl. The largest absolute Gasteiger partial charge is 0.123 e. The second-order valence-electron chi connectivity index (χ2n) is 5.24. The van der Waals surface area contributed by atoms with Gasteiger partial charge in [0.2, 0.25) is 0 Å². The summed E-state index contributed by atoms with van der Waals surface area (Å²) in [7, 11) is 0. The van der Waals surface area contributed by atoms with E-state index in [1.54, 1.807) is 0 Å². The van der Waals surface area contributed by atoms with Crippen LogP contribution >= 0.6 is 58.0 Å². The van der Waals surface area contributed by atoms with E-state index in [9.17, 15) is 0 Å². The third kappa shape index (κ3) is 3.31. The van der Waals surface area contributed by atoms with Crippen LogP contribution in [0.4, 0.5) is 0 Å². The first-order valence-corrected chi connectivity index (χ1v) is 8.39. The molecular formula is C12H17Cl5. The maximum Gasteiger partial charge on any atom is 0.0531 e. The summed E-state index contributed by atoms with van der Waals surface area (Å²) in [4.78, 5) is 0. The van der Waals surface area contributed by atoms with E-state index in [1.807, 2.05) is 0 Å². The van der Waals surface area contributed by atoms with E-state index in [1.165, 1.54) is 0 Å². The van der Waals surface area contributed by atoms with Crippen molar-refractivity contribution < 1.29 is 0 Å². The van der Waals surface area contributed by atoms with E-state index in [0.29, 0.717) is 11.8 Å². The quantitative estimate of drug-likeness (QED) is 0.574. The van der Waals surface area contributed by atoms with Gasteiger partial charge < -0.3 is 0 Å². The predicted octanol–water partition coefficient (Wildman–Crippen LogP) is 5.23. The summed E-state index contributed by atoms with van der Waals surface area (Å²) in [5.41, 5.74) is 0. The molecule has 7 unspecified atom stereocenters. The van der Waals surface area contributed by atoms with Crippen LogP contribution in [0.5, 0.6) is 0 Å². The maximum atomic E-state index is 6.45. The van der Waals surface area contributed by atoms with Crippen LogP contribution in [-0.2, 0) is 0 Å². The van der Waals surface area contributed by atoms with E-state index >= 15 is 0 Å². The molecular weight excluding hydrogens is 321 g/mol. The number of hydrogen-bond acceptors (Lipinski definition) is 0. The minimum atomic E-state index is -0.0143. The molecule has 0 N–H and O–H groups in total. The van der Waals surface area contributed by atoms with Crippen molar-refractivity contribution in [2.45, 2.75) is 59.0 Å². The maximum absolute atomic E-state index is 6.45. The van der Waals surface area contributed by atoms with Gasteiger partial charge in [0.25, 0.3) is 0 Å². The molecule has 0 aromatic carbocycles. The van der Waals surface area contributed by atoms with Crippen molar-refractivity contribution in [3.8, 4) is 0 Å². The fourth-order valence-corrected chi connectivity index (χ4v) is 5.08. The molecule has 0 heterocycles. The van der Waals surface area contributed by atoms with Crippen molar-refractivity contribution in [3.63, 3.8) is 0 Å². The second kappa shape index (κ2) is 6.27. The van der Waals surface area contributed by atoms with Crippen molar-refractivity contribution in [1.82, 2.24) is 0 Å². The Labute approximate surface area is 128 Å². The van der Waals surface area contributed by atoms with Gasteiger partial charge in [-0.15, -0.1) is 58.0 Å². The lowest BCUT2D eigenvalue weighted by Crippen LogP contribution is -2.44. The Morgan fingerprint density at radius 2 is 1.24 bits per heavy atom. The third-order valence-electron chi connectivity index (χ3n) is 4.13. The Bertz CT molecular complexity index is 259. The van der Waals surface area contributed by atoms with E-state index in [2.05, 4.69) is 0 Å². The van der Waals surface area contributed by atoms with E-state index in [4.69, 9.17) is 58.0 Å². The molecule has 0 amide bonds. The Kier molecular flexibility index (Phi) is 5.47. The summed E-state index contributed by atoms with van der Waals surface area (Å²) in [6.07, 6.45) is 4.89. The summed E-state index contributed by atoms with van der Waals surface area (Å²) in [5, 5.41) is 0.172. The average Bonchev–Trinajstić information content (AvgIpc) is 2.28. The molecule has 17 heavy (non-hydrogen) atoms. The molecule has 0 bridgehead atoms. The molecule has 0 aliphatic heterocycles. The normalized spacial score (nSPS) is 52.4. The molecule has 2 rings (SSSR count). The van der Waals surface area contributed by atoms with Gasteiger partial charge in [-0.3, -0.25) is 0 Å². The van der Waals surface area contributed by atoms with E-state index < -0.39 is 0 Å². The Hall–Kier alpha value is 1.45. The van der Waals surface area contributed by atoms with Gasteiger partial charge in [0, 0.05) is 5.38 Å². The molecule has 0 aromatic rings. The number of rotatable bonds is 1. The molecule has 0 saturated heterocycles. The molecule has 2 aliphatic rings. The van der Waals surface area contributed by atoms with Crippen LogP contribution < -0.4 is 0 Å². The monoisotopic (exact) mass is 336 g/mol. The first-order chi connectivity index (χ1) is 8.00. The zero-order chi connectivity index (χ0) is 12.6. The standard InChI is InChI=1S/C12H17Cl5/c13-8-3-1-2-6(12(8)17)7-4-10(15)11(16)5-9(7)14/h6-12H,1-5H2. The van der Waals surface area contributed by atoms with Crippen LogP contribution in [0.25, 0.3) is 0 Å². The van der Waals surface area contributed by atoms with Crippen molar-refractivity contribution >= 4 is 58.0 Å². The number of hydrogen-bond donors (Lipinski definition) is 0. The van der Waals surface area contributed by atoms with Crippen molar-refractivity contribution in [1.29, 1.82) is 0 Å². The highest BCUT2D eigenvalue weighted by molar-refractivity contribution is 6.31. The molecule has 5 heteroatoms. The van der Waals surface area contributed by atoms with Gasteiger partial charge in [-0.25, -0.2) is 0 Å². The minimum Gasteiger partial charge on any atom is -0.123 e. The number of halogens is 5. The Balaban J connectivity index is 2.05. The molecule has 2 aliphatic carbocycles. The van der Waals surface area contributed by atoms with Crippen LogP contribution in [0.15, 0.2) is 0 Å². The fourth-order valence-electron chi connectivity index (χ4n) is 3.12. The molecule has 0 nitrogen and oxygen atoms in total. The fraction of sp³-hybridized carbons (Fsp3) is 1.00. The van der Waals surface area contributed by atoms with Gasteiger partial charge in [0.15, 0.2) is 0 Å². The highest BCUT2D eigenvalue weighted by Crippen LogP contribution is 2.45. The van der Waals surface area contributed by atoms with Gasteiger partial charge in [0.1, 0.15) is 0 Å². The molecule has 100 valence electrons. The van der Waals surface area contributed by atoms with Gasteiger partial charge in [0.05, 0.1) is 21.5 Å². The van der Waals surface area contributed by atoms with E-state index in [-0.39, 0.29) is 26.9 Å².